The van der Waals surface area contributed by atoms with Crippen LogP contribution in [0.2, 0.25) is 0 Å². The topological polar surface area (TPSA) is 789 Å². The second-order valence-corrected chi connectivity index (χ2v) is 34.2. The zero-order valence-corrected chi connectivity index (χ0v) is 75.5. The first-order valence-electron chi connectivity index (χ1n) is 44.3. The van der Waals surface area contributed by atoms with Crippen molar-refractivity contribution >= 4 is 134 Å². The molecule has 48 heteroatoms. The number of nitrogens with zero attached hydrogens (tertiary/aromatic N) is 2. The molecule has 34 N–H and O–H groups in total. The van der Waals surface area contributed by atoms with Gasteiger partial charge in [-0.3, -0.25) is 88.1 Å². The van der Waals surface area contributed by atoms with Gasteiger partial charge in [-0.15, -0.1) is 0 Å². The number of H-pyrrole nitrogens is 2. The summed E-state index contributed by atoms with van der Waals surface area (Å²) in [5.41, 5.74) is 24.4. The number of aliphatic hydroxyl groups is 4. The van der Waals surface area contributed by atoms with Gasteiger partial charge in [0.05, 0.1) is 26.4 Å². The summed E-state index contributed by atoms with van der Waals surface area (Å²) in [5.74, 6) is -18.7. The molecule has 6 rings (SSSR count). The molecule has 2 aromatic heterocycles. The standard InChI is InChI=1S/C85H132N26O22/c1-43(2)32-57(102-75(125)59(35-46-37-96-51-18-9-7-16-48(46)51)103-77(127)62(40-113)107-68(118)50(86)39-112)72(122)100-55(25-26-67(116)117)71(121)109-64(42-115)81(131)111-31-15-24-66(111)79(129)105-60(36-47-38-97-52-19-10-8-17-49(47)52)74(124)99-53(20-11-27-93-83(87)88)69(119)98-54(21-12-28-94-84(89)90)70(120)106-61(34-45(5)6)80(130)110-30-14-23-65(110)78(128)104-58(33-44(3)4)73(123)108-63(41-114)76(126)101-56(82(132)133)22-13-29-95-85(91)92/h7-10,16-19,37-38,43-45,50,53-66,96-97,112-115H,11-15,20-36,39-42,86H2,1-6H3,(H,98,119)(H,99,124)(H,100,122)(H,101,126)(H,102,125)(H,103,127)(H,104,128)(H,105,129)(H,106,120)(H,107,118)(H,108,123)(H,109,121)(H,116,117)(H,132,133)(H4,87,88,93)(H4,89,90,94)(H4,91,92,95)/t50-,53-,54-,55-,56-,57-,58-,59-,60-,61-,62-,63-,64-,65-,66-/m0/s1. The Hall–Kier alpha value is -13.3. The summed E-state index contributed by atoms with van der Waals surface area (Å²) in [5, 5.41) is 123. The number of carboxylic acid groups (broad SMARTS) is 2. The monoisotopic (exact) mass is 1870 g/mol. The molecule has 2 fully saturated rings. The van der Waals surface area contributed by atoms with Crippen molar-refractivity contribution in [3.63, 3.8) is 0 Å². The van der Waals surface area contributed by atoms with E-state index in [0.717, 1.165) is 4.90 Å². The van der Waals surface area contributed by atoms with E-state index in [4.69, 9.17) is 39.2 Å². The fourth-order valence-corrected chi connectivity index (χ4v) is 15.4. The van der Waals surface area contributed by atoms with Gasteiger partial charge in [-0.05, 0) is 131 Å². The van der Waals surface area contributed by atoms with Crippen LogP contribution in [-0.4, -0.2) is 313 Å². The molecule has 0 radical (unpaired) electrons. The highest BCUT2D eigenvalue weighted by Gasteiger charge is 2.44. The Morgan fingerprint density at radius 3 is 1.10 bits per heavy atom. The lowest BCUT2D eigenvalue weighted by molar-refractivity contribution is -0.143. The van der Waals surface area contributed by atoms with Crippen LogP contribution in [0, 0.1) is 34.0 Å². The summed E-state index contributed by atoms with van der Waals surface area (Å²) in [6.45, 7) is 6.36. The normalized spacial score (nSPS) is 16.6. The van der Waals surface area contributed by atoms with Crippen LogP contribution >= 0.6 is 0 Å². The first kappa shape index (κ1) is 108. The maximum absolute atomic E-state index is 15.3. The third-order valence-corrected chi connectivity index (χ3v) is 22.2. The number of para-hydroxylation sites is 2. The van der Waals surface area contributed by atoms with Crippen molar-refractivity contribution < 1.29 is 107 Å². The Bertz CT molecular complexity index is 4720. The minimum Gasteiger partial charge on any atom is -0.481 e. The van der Waals surface area contributed by atoms with Crippen LogP contribution < -0.4 is 103 Å². The van der Waals surface area contributed by atoms with E-state index in [-0.39, 0.29) is 153 Å². The predicted molar refractivity (Wildman–Crippen MR) is 483 cm³/mol. The van der Waals surface area contributed by atoms with Gasteiger partial charge in [0, 0.05) is 86.2 Å². The van der Waals surface area contributed by atoms with E-state index in [1.54, 1.807) is 102 Å². The molecule has 734 valence electrons. The minimum absolute atomic E-state index is 0.00153. The van der Waals surface area contributed by atoms with Crippen molar-refractivity contribution in [2.75, 3.05) is 59.2 Å². The number of aliphatic carboxylic acids is 2. The van der Waals surface area contributed by atoms with Crippen molar-refractivity contribution in [2.24, 2.45) is 40.7 Å². The van der Waals surface area contributed by atoms with Crippen LogP contribution in [0.25, 0.3) is 21.8 Å². The van der Waals surface area contributed by atoms with E-state index in [1.807, 2.05) is 0 Å². The van der Waals surface area contributed by atoms with Crippen LogP contribution in [-0.2, 0) is 89.6 Å². The van der Waals surface area contributed by atoms with Gasteiger partial charge in [0.2, 0.25) is 82.7 Å². The van der Waals surface area contributed by atoms with Crippen LogP contribution in [0.4, 0.5) is 0 Å². The Morgan fingerprint density at radius 2 is 0.699 bits per heavy atom. The fraction of sp³-hybridized carbons (Fsp3) is 0.588. The summed E-state index contributed by atoms with van der Waals surface area (Å²) in [6, 6.07) is -9.38. The number of carboxylic acids is 2. The number of nitrogens with one attached hydrogen (secondary N) is 20. The molecule has 0 spiro atoms. The third-order valence-electron chi connectivity index (χ3n) is 22.2. The van der Waals surface area contributed by atoms with Crippen molar-refractivity contribution in [2.45, 2.75) is 241 Å². The predicted octanol–water partition coefficient (Wildman–Crippen LogP) is -6.59. The third kappa shape index (κ3) is 34.4. The Labute approximate surface area is 767 Å². The first-order chi connectivity index (χ1) is 63.1. The highest BCUT2D eigenvalue weighted by Crippen LogP contribution is 2.26. The molecule has 0 aliphatic carbocycles. The second-order valence-electron chi connectivity index (χ2n) is 34.2. The molecule has 133 heavy (non-hydrogen) atoms. The van der Waals surface area contributed by atoms with Crippen molar-refractivity contribution in [3.05, 3.63) is 72.1 Å². The Kier molecular flexibility index (Phi) is 43.9. The highest BCUT2D eigenvalue weighted by molar-refractivity contribution is 6.02. The molecule has 0 saturated carbocycles. The molecule has 4 aromatic rings. The molecule has 4 heterocycles. The number of rotatable bonds is 56. The Balaban J connectivity index is 1.24. The SMILES string of the molecule is CC(C)C[C@H](NC(=O)[C@H](Cc1c[nH]c2ccccc12)NC(=O)[C@H](CO)NC(=O)[C@@H](N)CO)C(=O)N[C@@H](CCC(=O)O)C(=O)N[C@@H](CO)C(=O)N1CCC[C@H]1C(=O)N[C@@H](Cc1c[nH]c2ccccc12)C(=O)N[C@@H](CCCNC(=N)N)C(=O)N[C@@H](CCCNC(=N)N)C(=O)N[C@@H](CC(C)C)C(=O)N1CCC[C@H]1C(=O)N[C@@H](CC(C)C)C(=O)N[C@@H](CO)C(=O)N[C@@H](CCCNC(=N)N)C(=O)O. The zero-order valence-electron chi connectivity index (χ0n) is 75.5. The van der Waals surface area contributed by atoms with Gasteiger partial charge in [-0.1, -0.05) is 77.9 Å². The van der Waals surface area contributed by atoms with Crippen molar-refractivity contribution in [1.29, 1.82) is 16.2 Å². The van der Waals surface area contributed by atoms with Gasteiger partial charge >= 0.3 is 11.9 Å². The lowest BCUT2D eigenvalue weighted by Gasteiger charge is -2.32. The maximum Gasteiger partial charge on any atom is 0.326 e. The van der Waals surface area contributed by atoms with E-state index in [2.05, 4.69) is 89.7 Å². The van der Waals surface area contributed by atoms with Crippen LogP contribution in [0.5, 0.6) is 0 Å². The number of carbonyl (C=O) groups excluding carboxylic acids is 14. The van der Waals surface area contributed by atoms with Gasteiger partial charge < -0.3 is 153 Å². The fourth-order valence-electron chi connectivity index (χ4n) is 15.4. The number of benzene rings is 2. The molecule has 14 amide bonds. The van der Waals surface area contributed by atoms with E-state index >= 15 is 24.0 Å². The molecule has 2 saturated heterocycles. The van der Waals surface area contributed by atoms with Crippen LogP contribution in [0.1, 0.15) is 149 Å². The molecule has 0 bridgehead atoms. The van der Waals surface area contributed by atoms with E-state index in [1.165, 1.54) is 4.90 Å². The smallest absolute Gasteiger partial charge is 0.326 e. The first-order valence-corrected chi connectivity index (χ1v) is 44.3. The van der Waals surface area contributed by atoms with E-state index < -0.39 is 236 Å². The number of guanidine groups is 3. The summed E-state index contributed by atoms with van der Waals surface area (Å²) >= 11 is 0. The highest BCUT2D eigenvalue weighted by atomic mass is 16.4. The quantitative estimate of drug-likeness (QED) is 0.0111. The molecular weight excluding hydrogens is 1740 g/mol. The number of carbonyl (C=O) groups is 16. The molecule has 48 nitrogen and oxygen atoms in total. The number of aromatic nitrogens is 2. The molecule has 2 aliphatic rings. The van der Waals surface area contributed by atoms with Crippen molar-refractivity contribution in [3.8, 4) is 0 Å². The van der Waals surface area contributed by atoms with Gasteiger partial charge in [0.25, 0.3) is 0 Å². The zero-order chi connectivity index (χ0) is 98.5. The maximum atomic E-state index is 15.3. The van der Waals surface area contributed by atoms with Gasteiger partial charge in [0.1, 0.15) is 90.6 Å². The second kappa shape index (κ2) is 53.8. The van der Waals surface area contributed by atoms with Gasteiger partial charge in [0.15, 0.2) is 17.9 Å². The minimum atomic E-state index is -1.89. The molecule has 0 unspecified atom stereocenters. The summed E-state index contributed by atoms with van der Waals surface area (Å²) in [4.78, 5) is 235. The summed E-state index contributed by atoms with van der Waals surface area (Å²) in [7, 11) is 0. The summed E-state index contributed by atoms with van der Waals surface area (Å²) < 4.78 is 0. The molecular formula is C85H132N26O22. The number of hydrogen-bond acceptors (Lipinski definition) is 24. The number of aromatic amines is 2. The number of hydrogen-bond donors (Lipinski definition) is 30. The number of aliphatic hydroxyl groups excluding tert-OH is 4. The Morgan fingerprint density at radius 1 is 0.391 bits per heavy atom. The van der Waals surface area contributed by atoms with Crippen molar-refractivity contribution in [1.82, 2.24) is 99.5 Å². The lowest BCUT2D eigenvalue weighted by atomic mass is 10.00. The van der Waals surface area contributed by atoms with Crippen LogP contribution in [0.3, 0.4) is 0 Å². The van der Waals surface area contributed by atoms with E-state index in [0.29, 0.717) is 32.9 Å². The van der Waals surface area contributed by atoms with Gasteiger partial charge in [-0.2, -0.15) is 0 Å². The summed E-state index contributed by atoms with van der Waals surface area (Å²) in [6.07, 6.45) is 1.14. The van der Waals surface area contributed by atoms with Crippen LogP contribution in [0.15, 0.2) is 60.9 Å². The number of likely N-dealkylation sites (tertiary alicyclic amines) is 2. The molecule has 2 aliphatic heterocycles. The number of amides is 14. The number of fused-ring (bicyclic) bond motifs is 2. The average molecular weight is 1870 g/mol. The van der Waals surface area contributed by atoms with E-state index in [9.17, 15) is 83.4 Å². The average Bonchev–Trinajstić information content (AvgIpc) is 1.71. The van der Waals surface area contributed by atoms with Gasteiger partial charge in [-0.25, -0.2) is 4.79 Å². The largest absolute Gasteiger partial charge is 0.481 e. The molecule has 15 atom stereocenters. The number of nitrogens with two attached hydrogens (primary N) is 4. The molecule has 2 aromatic carbocycles. The lowest BCUT2D eigenvalue weighted by Crippen LogP contribution is -2.61.